The molecule has 222 valence electrons. The number of benzene rings is 2. The highest BCUT2D eigenvalue weighted by atomic mass is 19.4. The quantitative estimate of drug-likeness (QED) is 0.133. The lowest BCUT2D eigenvalue weighted by molar-refractivity contribution is -0.201. The van der Waals surface area contributed by atoms with Gasteiger partial charge in [0.15, 0.2) is 23.1 Å². The molecule has 0 bridgehead atoms. The molecule has 0 saturated heterocycles. The van der Waals surface area contributed by atoms with Crippen LogP contribution in [0.3, 0.4) is 0 Å². The number of alkyl halides is 3. The van der Waals surface area contributed by atoms with Gasteiger partial charge in [0, 0.05) is 30.8 Å². The average Bonchev–Trinajstić information content (AvgIpc) is 3.19. The smallest absolute Gasteiger partial charge is 0.491 e. The van der Waals surface area contributed by atoms with E-state index in [-0.39, 0.29) is 54.7 Å². The Bertz CT molecular complexity index is 1370. The molecule has 0 aromatic heterocycles. The van der Waals surface area contributed by atoms with Gasteiger partial charge in [-0.15, -0.1) is 0 Å². The number of amidine groups is 1. The molecule has 41 heavy (non-hydrogen) atoms. The molecule has 13 heteroatoms. The lowest BCUT2D eigenvalue weighted by Crippen LogP contribution is -2.30. The van der Waals surface area contributed by atoms with Gasteiger partial charge in [0.1, 0.15) is 5.84 Å². The number of fused-ring (bicyclic) bond motifs is 1. The van der Waals surface area contributed by atoms with E-state index in [1.807, 2.05) is 20.8 Å². The summed E-state index contributed by atoms with van der Waals surface area (Å²) in [5.74, 6) is -4.93. The Morgan fingerprint density at radius 3 is 2.34 bits per heavy atom. The first-order valence-corrected chi connectivity index (χ1v) is 12.6. The van der Waals surface area contributed by atoms with Gasteiger partial charge in [-0.1, -0.05) is 20.8 Å². The van der Waals surface area contributed by atoms with Gasteiger partial charge in [0.2, 0.25) is 0 Å². The predicted molar refractivity (Wildman–Crippen MR) is 141 cm³/mol. The summed E-state index contributed by atoms with van der Waals surface area (Å²) in [5, 5.41) is 11.6. The fourth-order valence-corrected chi connectivity index (χ4v) is 4.38. The number of carbonyl (C=O) groups is 3. The van der Waals surface area contributed by atoms with Crippen molar-refractivity contribution in [2.24, 2.45) is 0 Å². The number of nitrogens with zero attached hydrogens (tertiary/aromatic N) is 1. The molecule has 2 aromatic rings. The summed E-state index contributed by atoms with van der Waals surface area (Å²) in [6, 6.07) is 6.57. The van der Waals surface area contributed by atoms with Gasteiger partial charge in [0.05, 0.1) is 26.3 Å². The fraction of sp³-hybridized carbons (Fsp3) is 0.429. The molecule has 2 aromatic carbocycles. The highest BCUT2D eigenvalue weighted by molar-refractivity contribution is 6.06. The number of ketones is 1. The normalized spacial score (nSPS) is 13.1. The summed E-state index contributed by atoms with van der Waals surface area (Å²) in [7, 11) is 2.68. The van der Waals surface area contributed by atoms with E-state index in [0.29, 0.717) is 16.8 Å². The minimum absolute atomic E-state index is 0.0528. The Kier molecular flexibility index (Phi) is 9.30. The number of nitrogens with one attached hydrogen (secondary N) is 2. The number of anilines is 1. The highest BCUT2D eigenvalue weighted by Crippen LogP contribution is 2.38. The van der Waals surface area contributed by atoms with Crippen LogP contribution in [0.15, 0.2) is 24.3 Å². The largest absolute Gasteiger partial charge is 0.493 e. The van der Waals surface area contributed by atoms with Crippen LogP contribution in [0.5, 0.6) is 11.5 Å². The van der Waals surface area contributed by atoms with Crippen LogP contribution < -0.4 is 14.8 Å². The highest BCUT2D eigenvalue weighted by Gasteiger charge is 2.42. The third-order valence-corrected chi connectivity index (χ3v) is 6.40. The van der Waals surface area contributed by atoms with Crippen LogP contribution in [0.25, 0.3) is 0 Å². The molecule has 9 nitrogen and oxygen atoms in total. The molecule has 0 spiro atoms. The van der Waals surface area contributed by atoms with Crippen LogP contribution in [0.4, 0.5) is 23.2 Å². The molecule has 1 heterocycles. The first kappa shape index (κ1) is 31.4. The number of hydrogen-bond acceptors (Lipinski definition) is 8. The lowest BCUT2D eigenvalue weighted by atomic mass is 9.84. The molecule has 0 aliphatic carbocycles. The Morgan fingerprint density at radius 1 is 1.07 bits per heavy atom. The van der Waals surface area contributed by atoms with E-state index in [4.69, 9.17) is 14.9 Å². The number of methoxy groups -OCH3 is 2. The van der Waals surface area contributed by atoms with Crippen LogP contribution in [0.2, 0.25) is 0 Å². The molecule has 0 radical (unpaired) electrons. The van der Waals surface area contributed by atoms with Crippen LogP contribution >= 0.6 is 0 Å². The number of Topliss-reactive ketones (excluding diaryl/α,β-unsaturated/α-hetero) is 1. The maximum atomic E-state index is 15.1. The van der Waals surface area contributed by atoms with E-state index in [0.717, 1.165) is 5.56 Å². The summed E-state index contributed by atoms with van der Waals surface area (Å²) in [4.78, 5) is 37.0. The van der Waals surface area contributed by atoms with Crippen molar-refractivity contribution in [3.05, 3.63) is 52.3 Å². The van der Waals surface area contributed by atoms with Crippen molar-refractivity contribution < 1.29 is 46.2 Å². The van der Waals surface area contributed by atoms with E-state index < -0.39 is 35.8 Å². The number of halogens is 4. The molecule has 0 unspecified atom stereocenters. The average molecular weight is 582 g/mol. The van der Waals surface area contributed by atoms with Crippen molar-refractivity contribution in [1.82, 2.24) is 4.90 Å². The molecule has 0 amide bonds. The minimum Gasteiger partial charge on any atom is -0.493 e. The Morgan fingerprint density at radius 2 is 1.76 bits per heavy atom. The first-order chi connectivity index (χ1) is 19.1. The topological polar surface area (TPSA) is 118 Å². The molecular weight excluding hydrogens is 550 g/mol. The van der Waals surface area contributed by atoms with E-state index >= 15 is 4.39 Å². The molecule has 3 rings (SSSR count). The van der Waals surface area contributed by atoms with Gasteiger partial charge in [-0.3, -0.25) is 15.0 Å². The van der Waals surface area contributed by atoms with Crippen molar-refractivity contribution in [2.45, 2.75) is 51.7 Å². The maximum absolute atomic E-state index is 15.1. The van der Waals surface area contributed by atoms with E-state index in [1.54, 1.807) is 24.3 Å². The zero-order chi connectivity index (χ0) is 30.7. The lowest BCUT2D eigenvalue weighted by Gasteiger charge is -2.25. The number of carbonyl (C=O) groups excluding carboxylic acids is 3. The predicted octanol–water partition coefficient (Wildman–Crippen LogP) is 4.99. The van der Waals surface area contributed by atoms with Crippen LogP contribution in [0.1, 0.15) is 60.7 Å². The summed E-state index contributed by atoms with van der Waals surface area (Å²) < 4.78 is 65.8. The van der Waals surface area contributed by atoms with Gasteiger partial charge < -0.3 is 24.4 Å². The van der Waals surface area contributed by atoms with Gasteiger partial charge in [-0.25, -0.2) is 9.18 Å². The second kappa shape index (κ2) is 12.1. The Balaban J connectivity index is 1.68. The van der Waals surface area contributed by atoms with Gasteiger partial charge in [0.25, 0.3) is 0 Å². The Labute approximate surface area is 234 Å². The first-order valence-electron chi connectivity index (χ1n) is 12.6. The van der Waals surface area contributed by atoms with Gasteiger partial charge >= 0.3 is 18.1 Å². The van der Waals surface area contributed by atoms with Crippen molar-refractivity contribution in [2.75, 3.05) is 32.6 Å². The second-order valence-corrected chi connectivity index (χ2v) is 10.4. The SMILES string of the molecule is COc1cc2c(c(F)c1OC)C(=N)N(CC(=O)c1ccc(NCCCC(=O)OC(=O)C(F)(F)F)c(C(C)(C)C)c1)C2. The Hall–Kier alpha value is -4.16. The zero-order valence-corrected chi connectivity index (χ0v) is 23.3. The molecule has 0 atom stereocenters. The standard InChI is InChI=1S/C28H31F4N3O6/c1-27(2,3)17-11-15(8-9-18(17)34-10-6-7-21(37)41-26(38)28(30,31)32)19(36)14-35-13-16-12-20(39-4)24(40-5)23(29)22(16)25(35)33/h8-9,11-12,33-34H,6-7,10,13-14H2,1-5H3. The number of ether oxygens (including phenoxy) is 3. The van der Waals surface area contributed by atoms with E-state index in [1.165, 1.54) is 19.1 Å². The molecule has 2 N–H and O–H groups in total. The van der Waals surface area contributed by atoms with Gasteiger partial charge in [-0.05, 0) is 47.2 Å². The monoisotopic (exact) mass is 581 g/mol. The molecule has 1 aliphatic heterocycles. The maximum Gasteiger partial charge on any atom is 0.491 e. The summed E-state index contributed by atoms with van der Waals surface area (Å²) >= 11 is 0. The molecular formula is C28H31F4N3O6. The van der Waals surface area contributed by atoms with Crippen LogP contribution in [-0.2, 0) is 26.3 Å². The zero-order valence-electron chi connectivity index (χ0n) is 23.3. The van der Waals surface area contributed by atoms with Crippen molar-refractivity contribution in [3.63, 3.8) is 0 Å². The van der Waals surface area contributed by atoms with Crippen LogP contribution in [0, 0.1) is 11.2 Å². The van der Waals surface area contributed by atoms with E-state index in [2.05, 4.69) is 10.1 Å². The number of hydrogen-bond donors (Lipinski definition) is 2. The van der Waals surface area contributed by atoms with Crippen LogP contribution in [-0.4, -0.2) is 61.9 Å². The number of rotatable bonds is 10. The molecule has 0 saturated carbocycles. The molecule has 1 aliphatic rings. The number of esters is 2. The minimum atomic E-state index is -5.25. The van der Waals surface area contributed by atoms with E-state index in [9.17, 15) is 27.6 Å². The second-order valence-electron chi connectivity index (χ2n) is 10.4. The third kappa shape index (κ3) is 7.14. The summed E-state index contributed by atoms with van der Waals surface area (Å²) in [6.07, 6.45) is -5.55. The third-order valence-electron chi connectivity index (χ3n) is 6.40. The van der Waals surface area contributed by atoms with Crippen molar-refractivity contribution >= 4 is 29.2 Å². The fourth-order valence-electron chi connectivity index (χ4n) is 4.38. The summed E-state index contributed by atoms with van der Waals surface area (Å²) in [5.41, 5.74) is 1.91. The van der Waals surface area contributed by atoms with Crippen molar-refractivity contribution in [1.29, 1.82) is 5.41 Å². The van der Waals surface area contributed by atoms with Gasteiger partial charge in [-0.2, -0.15) is 13.2 Å². The van der Waals surface area contributed by atoms with Crippen molar-refractivity contribution in [3.8, 4) is 11.5 Å². The molecule has 0 fully saturated rings. The summed E-state index contributed by atoms with van der Waals surface area (Å²) in [6.45, 7) is 5.94.